The minimum absolute atomic E-state index is 0.0512. The van der Waals surface area contributed by atoms with Crippen LogP contribution in [-0.2, 0) is 17.8 Å². The van der Waals surface area contributed by atoms with Crippen molar-refractivity contribution in [2.45, 2.75) is 32.0 Å². The molecule has 2 unspecified atom stereocenters. The van der Waals surface area contributed by atoms with E-state index in [0.29, 0.717) is 31.2 Å². The number of nitrogens with one attached hydrogen (secondary N) is 1. The molecule has 1 aromatic heterocycles. The fourth-order valence-electron chi connectivity index (χ4n) is 4.04. The number of anilines is 1. The molecule has 0 bridgehead atoms. The maximum Gasteiger partial charge on any atom is 0.237 e. The van der Waals surface area contributed by atoms with Crippen molar-refractivity contribution >= 4 is 29.5 Å². The minimum Gasteiger partial charge on any atom is -0.459 e. The molecule has 0 spiro atoms. The molecule has 3 aliphatic heterocycles. The average molecular weight is 400 g/mol. The molecule has 4 heterocycles. The van der Waals surface area contributed by atoms with Crippen molar-refractivity contribution in [3.63, 3.8) is 0 Å². The van der Waals surface area contributed by atoms with Crippen LogP contribution >= 0.6 is 0 Å². The van der Waals surface area contributed by atoms with Crippen LogP contribution in [0.1, 0.15) is 29.9 Å². The highest BCUT2D eigenvalue weighted by molar-refractivity contribution is 6.12. The molecule has 30 heavy (non-hydrogen) atoms. The third-order valence-corrected chi connectivity index (χ3v) is 5.54. The molecule has 1 amide bonds. The summed E-state index contributed by atoms with van der Waals surface area (Å²) in [5, 5.41) is 12.0. The molecule has 1 aromatic carbocycles. The number of carbonyl (C=O) groups is 1. The molecular weight excluding hydrogens is 380 g/mol. The third kappa shape index (κ3) is 3.39. The van der Waals surface area contributed by atoms with Gasteiger partial charge in [-0.2, -0.15) is 5.26 Å². The lowest BCUT2D eigenvalue weighted by molar-refractivity contribution is -0.131. The second-order valence-electron chi connectivity index (χ2n) is 7.49. The van der Waals surface area contributed by atoms with E-state index < -0.39 is 0 Å². The Labute approximate surface area is 173 Å². The topological polar surface area (TPSA) is 106 Å². The molecule has 0 aliphatic carbocycles. The lowest BCUT2D eigenvalue weighted by atomic mass is 9.95. The number of aliphatic imine (C=N–C) groups is 3. The van der Waals surface area contributed by atoms with Gasteiger partial charge in [-0.1, -0.05) is 18.2 Å². The van der Waals surface area contributed by atoms with Crippen LogP contribution in [0.2, 0.25) is 0 Å². The zero-order valence-electron chi connectivity index (χ0n) is 16.3. The highest BCUT2D eigenvalue weighted by Gasteiger charge is 2.36. The Morgan fingerprint density at radius 2 is 2.20 bits per heavy atom. The van der Waals surface area contributed by atoms with E-state index in [2.05, 4.69) is 15.3 Å². The first-order valence-electron chi connectivity index (χ1n) is 9.98. The second-order valence-corrected chi connectivity index (χ2v) is 7.49. The van der Waals surface area contributed by atoms with Crippen LogP contribution in [0.4, 0.5) is 5.69 Å². The minimum atomic E-state index is -0.209. The highest BCUT2D eigenvalue weighted by atomic mass is 16.3. The number of fused-ring (bicyclic) bond motifs is 2. The number of amides is 1. The van der Waals surface area contributed by atoms with E-state index in [-0.39, 0.29) is 24.4 Å². The first kappa shape index (κ1) is 18.3. The molecule has 8 nitrogen and oxygen atoms in total. The van der Waals surface area contributed by atoms with E-state index >= 15 is 0 Å². The quantitative estimate of drug-likeness (QED) is 0.855. The second kappa shape index (κ2) is 7.59. The Balaban J connectivity index is 1.43. The van der Waals surface area contributed by atoms with Crippen LogP contribution in [0.15, 0.2) is 55.8 Å². The SMILES string of the molecule is N#CCC(=O)N1CCc2oc(C3=NC(Nc4ccccc4)=NC4N=CCC34)cc2C1. The van der Waals surface area contributed by atoms with Crippen molar-refractivity contribution in [1.82, 2.24) is 4.90 Å². The Morgan fingerprint density at radius 3 is 3.03 bits per heavy atom. The van der Waals surface area contributed by atoms with Gasteiger partial charge in [0.25, 0.3) is 0 Å². The summed E-state index contributed by atoms with van der Waals surface area (Å²) >= 11 is 0. The molecule has 150 valence electrons. The summed E-state index contributed by atoms with van der Waals surface area (Å²) in [5.41, 5.74) is 2.71. The van der Waals surface area contributed by atoms with Gasteiger partial charge in [-0.15, -0.1) is 0 Å². The molecule has 3 aliphatic rings. The molecule has 2 aromatic rings. The molecule has 8 heteroatoms. The molecule has 1 N–H and O–H groups in total. The molecular formula is C22H20N6O2. The van der Waals surface area contributed by atoms with Crippen molar-refractivity contribution < 1.29 is 9.21 Å². The van der Waals surface area contributed by atoms with Crippen LogP contribution in [0.3, 0.4) is 0 Å². The zero-order valence-corrected chi connectivity index (χ0v) is 16.3. The number of para-hydroxylation sites is 1. The van der Waals surface area contributed by atoms with Gasteiger partial charge >= 0.3 is 0 Å². The van der Waals surface area contributed by atoms with E-state index in [9.17, 15) is 4.79 Å². The standard InChI is InChI=1S/C22H20N6O2/c23-9-6-19(29)28-11-8-17-14(13-28)12-18(30-17)20-16-7-10-24-21(16)27-22(26-20)25-15-4-2-1-3-5-15/h1-5,10,12,16,21H,6-8,11,13H2,(H,25,27). The van der Waals surface area contributed by atoms with Gasteiger partial charge in [-0.25, -0.2) is 9.98 Å². The fourth-order valence-corrected chi connectivity index (χ4v) is 4.04. The van der Waals surface area contributed by atoms with Gasteiger partial charge in [0, 0.05) is 37.0 Å². The van der Waals surface area contributed by atoms with Gasteiger partial charge in [0.05, 0.1) is 17.7 Å². The number of hydrogen-bond donors (Lipinski definition) is 1. The van der Waals surface area contributed by atoms with Crippen LogP contribution in [0, 0.1) is 17.2 Å². The fraction of sp³-hybridized carbons (Fsp3) is 0.318. The van der Waals surface area contributed by atoms with Gasteiger partial charge < -0.3 is 14.6 Å². The van der Waals surface area contributed by atoms with Gasteiger partial charge in [-0.3, -0.25) is 9.79 Å². The van der Waals surface area contributed by atoms with E-state index in [1.807, 2.05) is 48.7 Å². The number of hydrogen-bond acceptors (Lipinski definition) is 7. The van der Waals surface area contributed by atoms with Gasteiger partial charge in [-0.05, 0) is 24.6 Å². The van der Waals surface area contributed by atoms with Gasteiger partial charge in [0.15, 0.2) is 6.17 Å². The number of nitriles is 1. The zero-order chi connectivity index (χ0) is 20.5. The maximum atomic E-state index is 12.1. The summed E-state index contributed by atoms with van der Waals surface area (Å²) in [6.07, 6.45) is 2.99. The molecule has 5 rings (SSSR count). The van der Waals surface area contributed by atoms with Crippen LogP contribution < -0.4 is 5.32 Å². The number of rotatable bonds is 3. The molecule has 0 saturated heterocycles. The highest BCUT2D eigenvalue weighted by Crippen LogP contribution is 2.31. The number of guanidine groups is 1. The predicted molar refractivity (Wildman–Crippen MR) is 112 cm³/mol. The summed E-state index contributed by atoms with van der Waals surface area (Å²) < 4.78 is 6.17. The van der Waals surface area contributed by atoms with Crippen LogP contribution in [0.25, 0.3) is 0 Å². The summed E-state index contributed by atoms with van der Waals surface area (Å²) in [5.74, 6) is 2.00. The maximum absolute atomic E-state index is 12.1. The third-order valence-electron chi connectivity index (χ3n) is 5.54. The average Bonchev–Trinajstić information content (AvgIpc) is 3.40. The molecule has 2 atom stereocenters. The van der Waals surface area contributed by atoms with Crippen molar-refractivity contribution in [3.8, 4) is 6.07 Å². The van der Waals surface area contributed by atoms with E-state index in [0.717, 1.165) is 29.1 Å². The van der Waals surface area contributed by atoms with Crippen molar-refractivity contribution in [1.29, 1.82) is 5.26 Å². The van der Waals surface area contributed by atoms with Gasteiger partial charge in [0.2, 0.25) is 11.9 Å². The van der Waals surface area contributed by atoms with Crippen molar-refractivity contribution in [2.24, 2.45) is 20.9 Å². The molecule has 0 saturated carbocycles. The van der Waals surface area contributed by atoms with Crippen molar-refractivity contribution in [3.05, 3.63) is 53.5 Å². The summed E-state index contributed by atoms with van der Waals surface area (Å²) in [7, 11) is 0. The Bertz CT molecular complexity index is 1110. The predicted octanol–water partition coefficient (Wildman–Crippen LogP) is 2.77. The first-order chi connectivity index (χ1) is 14.7. The molecule has 0 radical (unpaired) electrons. The first-order valence-corrected chi connectivity index (χ1v) is 9.98. The lowest BCUT2D eigenvalue weighted by Crippen LogP contribution is -2.35. The summed E-state index contributed by atoms with van der Waals surface area (Å²) in [6, 6.07) is 13.7. The monoisotopic (exact) mass is 400 g/mol. The molecule has 0 fully saturated rings. The Morgan fingerprint density at radius 1 is 1.33 bits per heavy atom. The number of furan rings is 1. The normalized spacial score (nSPS) is 21.9. The van der Waals surface area contributed by atoms with Crippen LogP contribution in [0.5, 0.6) is 0 Å². The van der Waals surface area contributed by atoms with E-state index in [4.69, 9.17) is 14.7 Å². The lowest BCUT2D eigenvalue weighted by Gasteiger charge is -2.25. The number of nitrogens with zero attached hydrogens (tertiary/aromatic N) is 5. The van der Waals surface area contributed by atoms with Crippen molar-refractivity contribution in [2.75, 3.05) is 11.9 Å². The smallest absolute Gasteiger partial charge is 0.237 e. The van der Waals surface area contributed by atoms with E-state index in [1.165, 1.54) is 0 Å². The Kier molecular flexibility index (Phi) is 4.64. The van der Waals surface area contributed by atoms with E-state index in [1.54, 1.807) is 4.90 Å². The van der Waals surface area contributed by atoms with Crippen LogP contribution in [-0.4, -0.2) is 41.4 Å². The summed E-state index contributed by atoms with van der Waals surface area (Å²) in [6.45, 7) is 1.02. The van der Waals surface area contributed by atoms with Gasteiger partial charge in [0.1, 0.15) is 17.9 Å². The Hall–Kier alpha value is -3.73. The number of carbonyl (C=O) groups excluding carboxylic acids is 1. The summed E-state index contributed by atoms with van der Waals surface area (Å²) in [4.78, 5) is 27.7. The number of benzene rings is 1. The largest absolute Gasteiger partial charge is 0.459 e.